The van der Waals surface area contributed by atoms with Crippen LogP contribution in [-0.4, -0.2) is 37.2 Å². The lowest BCUT2D eigenvalue weighted by molar-refractivity contribution is -0.167. The summed E-state index contributed by atoms with van der Waals surface area (Å²) in [7, 11) is 0. The molecule has 0 aromatic heterocycles. The highest BCUT2D eigenvalue weighted by Crippen LogP contribution is 2.17. The monoisotopic (exact) mass is 751 g/mol. The molecule has 314 valence electrons. The highest BCUT2D eigenvalue weighted by Gasteiger charge is 2.19. The zero-order chi connectivity index (χ0) is 39.2. The van der Waals surface area contributed by atoms with Gasteiger partial charge in [0.25, 0.3) is 0 Å². The first-order valence-corrected chi connectivity index (χ1v) is 23.1. The zero-order valence-corrected chi connectivity index (χ0v) is 36.3. The van der Waals surface area contributed by atoms with E-state index in [4.69, 9.17) is 14.2 Å². The molecule has 0 aromatic rings. The molecule has 1 unspecified atom stereocenters. The molecule has 0 radical (unpaired) electrons. The van der Waals surface area contributed by atoms with Gasteiger partial charge in [-0.1, -0.05) is 208 Å². The fraction of sp³-hybridized carbons (Fsp3) is 0.936. The molecule has 0 bridgehead atoms. The maximum Gasteiger partial charge on any atom is 0.306 e. The van der Waals surface area contributed by atoms with E-state index >= 15 is 0 Å². The van der Waals surface area contributed by atoms with Crippen LogP contribution in [0.2, 0.25) is 0 Å². The second kappa shape index (κ2) is 38.7. The minimum Gasteiger partial charge on any atom is -0.462 e. The van der Waals surface area contributed by atoms with Crippen molar-refractivity contribution in [3.8, 4) is 0 Å². The average molecular weight is 751 g/mol. The van der Waals surface area contributed by atoms with Gasteiger partial charge in [-0.2, -0.15) is 0 Å². The average Bonchev–Trinajstić information content (AvgIpc) is 3.12. The van der Waals surface area contributed by atoms with Crippen molar-refractivity contribution >= 4 is 17.9 Å². The topological polar surface area (TPSA) is 78.9 Å². The van der Waals surface area contributed by atoms with Crippen molar-refractivity contribution < 1.29 is 28.6 Å². The van der Waals surface area contributed by atoms with Gasteiger partial charge in [-0.25, -0.2) is 0 Å². The Kier molecular flexibility index (Phi) is 37.5. The van der Waals surface area contributed by atoms with Crippen molar-refractivity contribution in [2.75, 3.05) is 13.2 Å². The molecular formula is C47H90O6. The highest BCUT2D eigenvalue weighted by molar-refractivity contribution is 5.71. The molecule has 0 spiro atoms. The molecule has 0 aromatic carbocycles. The van der Waals surface area contributed by atoms with Crippen LogP contribution in [0.1, 0.15) is 247 Å². The molecule has 0 heterocycles. The zero-order valence-electron chi connectivity index (χ0n) is 36.3. The first-order chi connectivity index (χ1) is 25.6. The lowest BCUT2D eigenvalue weighted by Crippen LogP contribution is -2.30. The van der Waals surface area contributed by atoms with Gasteiger partial charge < -0.3 is 14.2 Å². The molecule has 0 aliphatic rings. The maximum atomic E-state index is 12.7. The van der Waals surface area contributed by atoms with Crippen molar-refractivity contribution in [1.82, 2.24) is 0 Å². The maximum absolute atomic E-state index is 12.7. The SMILES string of the molecule is CCC(C)CCCCCCCCCCC(=O)OC[C@@H](COC(=O)CCCCCCCCCCC(C)C)OC(=O)CCCCCCCCCCCC(C)C. The van der Waals surface area contributed by atoms with E-state index in [0.717, 1.165) is 75.5 Å². The van der Waals surface area contributed by atoms with E-state index in [1.807, 2.05) is 0 Å². The summed E-state index contributed by atoms with van der Waals surface area (Å²) in [6.07, 6.45) is 35.2. The van der Waals surface area contributed by atoms with E-state index in [0.29, 0.717) is 19.3 Å². The van der Waals surface area contributed by atoms with Crippen molar-refractivity contribution in [2.45, 2.75) is 253 Å². The molecule has 0 aliphatic carbocycles. The molecular weight excluding hydrogens is 661 g/mol. The Morgan fingerprint density at radius 3 is 0.981 bits per heavy atom. The van der Waals surface area contributed by atoms with Crippen LogP contribution in [0.25, 0.3) is 0 Å². The van der Waals surface area contributed by atoms with Crippen LogP contribution in [0.15, 0.2) is 0 Å². The van der Waals surface area contributed by atoms with Crippen molar-refractivity contribution in [3.63, 3.8) is 0 Å². The molecule has 0 aliphatic heterocycles. The van der Waals surface area contributed by atoms with E-state index in [1.165, 1.54) is 128 Å². The molecule has 2 atom stereocenters. The summed E-state index contributed by atoms with van der Waals surface area (Å²) in [6.45, 7) is 13.6. The second-order valence-corrected chi connectivity index (χ2v) is 17.2. The Morgan fingerprint density at radius 2 is 0.660 bits per heavy atom. The smallest absolute Gasteiger partial charge is 0.306 e. The first-order valence-electron chi connectivity index (χ1n) is 23.1. The molecule has 0 N–H and O–H groups in total. The fourth-order valence-corrected chi connectivity index (χ4v) is 6.85. The highest BCUT2D eigenvalue weighted by atomic mass is 16.6. The van der Waals surface area contributed by atoms with Crippen molar-refractivity contribution in [3.05, 3.63) is 0 Å². The quantitative estimate of drug-likeness (QED) is 0.0352. The van der Waals surface area contributed by atoms with Crippen molar-refractivity contribution in [2.24, 2.45) is 17.8 Å². The minimum atomic E-state index is -0.762. The van der Waals surface area contributed by atoms with Crippen molar-refractivity contribution in [1.29, 1.82) is 0 Å². The number of carbonyl (C=O) groups is 3. The van der Waals surface area contributed by atoms with Crippen LogP contribution < -0.4 is 0 Å². The third kappa shape index (κ3) is 39.9. The molecule has 0 amide bonds. The molecule has 0 fully saturated rings. The summed E-state index contributed by atoms with van der Waals surface area (Å²) >= 11 is 0. The van der Waals surface area contributed by atoms with Gasteiger partial charge in [-0.05, 0) is 37.0 Å². The van der Waals surface area contributed by atoms with Gasteiger partial charge in [0.1, 0.15) is 13.2 Å². The molecule has 53 heavy (non-hydrogen) atoms. The van der Waals surface area contributed by atoms with Crippen LogP contribution >= 0.6 is 0 Å². The Balaban J connectivity index is 4.36. The lowest BCUT2D eigenvalue weighted by Gasteiger charge is -2.18. The molecule has 0 saturated heterocycles. The largest absolute Gasteiger partial charge is 0.462 e. The standard InChI is InChI=1S/C47H90O6/c1-7-43(6)35-29-23-17-12-14-19-25-31-37-46(49)52-40-44(39-51-45(48)36-30-24-18-13-11-16-22-28-34-42(4)5)53-47(50)38-32-26-20-10-8-9-15-21-27-33-41(2)3/h41-44H,7-40H2,1-6H3/t43?,44-/m1/s1. The van der Waals surface area contributed by atoms with E-state index in [2.05, 4.69) is 41.5 Å². The van der Waals surface area contributed by atoms with Crippen LogP contribution in [0.3, 0.4) is 0 Å². The molecule has 0 rings (SSSR count). The lowest BCUT2D eigenvalue weighted by atomic mass is 9.99. The minimum absolute atomic E-state index is 0.0666. The Labute approximate surface area is 329 Å². The third-order valence-electron chi connectivity index (χ3n) is 10.8. The van der Waals surface area contributed by atoms with Crippen LogP contribution in [0.5, 0.6) is 0 Å². The number of carbonyl (C=O) groups excluding carboxylic acids is 3. The molecule has 6 heteroatoms. The van der Waals surface area contributed by atoms with Gasteiger partial charge >= 0.3 is 17.9 Å². The summed E-state index contributed by atoms with van der Waals surface area (Å²) in [5.41, 5.74) is 0. The normalized spacial score (nSPS) is 12.7. The number of hydrogen-bond acceptors (Lipinski definition) is 6. The van der Waals surface area contributed by atoms with E-state index < -0.39 is 6.10 Å². The number of rotatable bonds is 40. The van der Waals surface area contributed by atoms with Gasteiger partial charge in [0.15, 0.2) is 6.10 Å². The predicted molar refractivity (Wildman–Crippen MR) is 224 cm³/mol. The van der Waals surface area contributed by atoms with E-state index in [9.17, 15) is 14.4 Å². The number of hydrogen-bond donors (Lipinski definition) is 0. The van der Waals surface area contributed by atoms with Crippen LogP contribution in [0.4, 0.5) is 0 Å². The number of esters is 3. The Bertz CT molecular complexity index is 824. The van der Waals surface area contributed by atoms with Gasteiger partial charge in [0.05, 0.1) is 0 Å². The number of ether oxygens (including phenoxy) is 3. The van der Waals surface area contributed by atoms with Crippen LogP contribution in [-0.2, 0) is 28.6 Å². The second-order valence-electron chi connectivity index (χ2n) is 17.2. The Hall–Kier alpha value is -1.59. The third-order valence-corrected chi connectivity index (χ3v) is 10.8. The van der Waals surface area contributed by atoms with E-state index in [1.54, 1.807) is 0 Å². The molecule has 0 saturated carbocycles. The predicted octanol–water partition coefficient (Wildman–Crippen LogP) is 14.4. The molecule has 6 nitrogen and oxygen atoms in total. The van der Waals surface area contributed by atoms with Crippen LogP contribution in [0, 0.1) is 17.8 Å². The Morgan fingerprint density at radius 1 is 0.377 bits per heavy atom. The van der Waals surface area contributed by atoms with Gasteiger partial charge in [0.2, 0.25) is 0 Å². The fourth-order valence-electron chi connectivity index (χ4n) is 6.85. The van der Waals surface area contributed by atoms with Gasteiger partial charge in [0, 0.05) is 19.3 Å². The number of unbranched alkanes of at least 4 members (excludes halogenated alkanes) is 22. The van der Waals surface area contributed by atoms with Gasteiger partial charge in [-0.3, -0.25) is 14.4 Å². The first kappa shape index (κ1) is 51.4. The summed E-state index contributed by atoms with van der Waals surface area (Å²) < 4.78 is 16.7. The summed E-state index contributed by atoms with van der Waals surface area (Å²) in [5.74, 6) is 1.59. The summed E-state index contributed by atoms with van der Waals surface area (Å²) in [4.78, 5) is 37.7. The van der Waals surface area contributed by atoms with Gasteiger partial charge in [-0.15, -0.1) is 0 Å². The van der Waals surface area contributed by atoms with E-state index in [-0.39, 0.29) is 31.1 Å². The summed E-state index contributed by atoms with van der Waals surface area (Å²) in [5, 5.41) is 0. The summed E-state index contributed by atoms with van der Waals surface area (Å²) in [6, 6.07) is 0.